The van der Waals surface area contributed by atoms with Gasteiger partial charge in [0.25, 0.3) is 0 Å². The first-order chi connectivity index (χ1) is 3.81. The molecule has 0 aromatic rings. The third-order valence-corrected chi connectivity index (χ3v) is 1.36. The van der Waals surface area contributed by atoms with Crippen molar-refractivity contribution in [1.29, 1.82) is 0 Å². The van der Waals surface area contributed by atoms with Gasteiger partial charge in [0.05, 0.1) is 6.10 Å². The third kappa shape index (κ3) is 9.60. The predicted molar refractivity (Wildman–Crippen MR) is 43.0 cm³/mol. The summed E-state index contributed by atoms with van der Waals surface area (Å²) >= 11 is 0. The Bertz CT molecular complexity index is 48.2. The first-order valence-electron chi connectivity index (χ1n) is 3.49. The van der Waals surface area contributed by atoms with Crippen molar-refractivity contribution < 1.29 is 5.11 Å². The van der Waals surface area contributed by atoms with E-state index in [0.717, 1.165) is 19.3 Å². The Hall–Kier alpha value is 1.60. The Balaban J connectivity index is 0. The SMILES string of the molecule is CCCCC(O)CC.[KH]. The van der Waals surface area contributed by atoms with Gasteiger partial charge in [-0.1, -0.05) is 26.7 Å². The van der Waals surface area contributed by atoms with Crippen LogP contribution in [0.15, 0.2) is 0 Å². The van der Waals surface area contributed by atoms with E-state index < -0.39 is 0 Å². The van der Waals surface area contributed by atoms with Gasteiger partial charge in [-0.15, -0.1) is 0 Å². The van der Waals surface area contributed by atoms with Crippen molar-refractivity contribution in [3.63, 3.8) is 0 Å². The summed E-state index contributed by atoms with van der Waals surface area (Å²) in [5.74, 6) is 0. The van der Waals surface area contributed by atoms with Crippen LogP contribution in [0.4, 0.5) is 0 Å². The Kier molecular flexibility index (Phi) is 14.1. The molecule has 0 aliphatic rings. The van der Waals surface area contributed by atoms with E-state index in [1.807, 2.05) is 6.92 Å². The van der Waals surface area contributed by atoms with Gasteiger partial charge in [0.2, 0.25) is 0 Å². The molecule has 0 heterocycles. The summed E-state index contributed by atoms with van der Waals surface area (Å²) in [6, 6.07) is 0. The molecule has 1 nitrogen and oxygen atoms in total. The van der Waals surface area contributed by atoms with Gasteiger partial charge in [-0.2, -0.15) is 0 Å². The zero-order valence-electron chi connectivity index (χ0n) is 5.85. The second-order valence-electron chi connectivity index (χ2n) is 2.20. The van der Waals surface area contributed by atoms with Crippen molar-refractivity contribution in [1.82, 2.24) is 0 Å². The Morgan fingerprint density at radius 2 is 1.89 bits per heavy atom. The average molecular weight is 156 g/mol. The van der Waals surface area contributed by atoms with E-state index in [0.29, 0.717) is 0 Å². The van der Waals surface area contributed by atoms with Crippen LogP contribution in [0.2, 0.25) is 0 Å². The Labute approximate surface area is 101 Å². The molecule has 0 bridgehead atoms. The molecule has 1 N–H and O–H groups in total. The zero-order chi connectivity index (χ0) is 6.41. The molecular formula is C7H17KO. The van der Waals surface area contributed by atoms with Crippen LogP contribution in [0.1, 0.15) is 39.5 Å². The summed E-state index contributed by atoms with van der Waals surface area (Å²) < 4.78 is 0. The fourth-order valence-corrected chi connectivity index (χ4v) is 0.644. The van der Waals surface area contributed by atoms with E-state index in [9.17, 15) is 0 Å². The molecular weight excluding hydrogens is 139 g/mol. The van der Waals surface area contributed by atoms with Crippen LogP contribution in [0.5, 0.6) is 0 Å². The van der Waals surface area contributed by atoms with Gasteiger partial charge in [-0.05, 0) is 12.8 Å². The van der Waals surface area contributed by atoms with Crippen LogP contribution in [-0.4, -0.2) is 62.6 Å². The summed E-state index contributed by atoms with van der Waals surface area (Å²) in [5, 5.41) is 8.99. The number of unbranched alkanes of at least 4 members (excludes halogenated alkanes) is 1. The number of rotatable bonds is 4. The number of aliphatic hydroxyl groups excluding tert-OH is 1. The van der Waals surface area contributed by atoms with Gasteiger partial charge in [0.15, 0.2) is 0 Å². The van der Waals surface area contributed by atoms with Crippen molar-refractivity contribution in [2.75, 3.05) is 0 Å². The Morgan fingerprint density at radius 3 is 2.22 bits per heavy atom. The van der Waals surface area contributed by atoms with E-state index in [1.54, 1.807) is 0 Å². The molecule has 0 rings (SSSR count). The van der Waals surface area contributed by atoms with Crippen molar-refractivity contribution in [2.45, 2.75) is 45.6 Å². The van der Waals surface area contributed by atoms with Crippen molar-refractivity contribution >= 4 is 51.4 Å². The summed E-state index contributed by atoms with van der Waals surface area (Å²) in [4.78, 5) is 0. The quantitative estimate of drug-likeness (QED) is 0.608. The van der Waals surface area contributed by atoms with E-state index in [2.05, 4.69) is 6.92 Å². The molecule has 0 aliphatic heterocycles. The average Bonchev–Trinajstić information content (AvgIpc) is 1.83. The molecule has 0 saturated heterocycles. The maximum atomic E-state index is 8.99. The maximum absolute atomic E-state index is 8.99. The number of aliphatic hydroxyl groups is 1. The number of hydrogen-bond donors (Lipinski definition) is 1. The zero-order valence-corrected chi connectivity index (χ0v) is 5.85. The Morgan fingerprint density at radius 1 is 1.33 bits per heavy atom. The molecule has 0 aromatic carbocycles. The molecule has 1 unspecified atom stereocenters. The van der Waals surface area contributed by atoms with E-state index in [1.165, 1.54) is 6.42 Å². The normalized spacial score (nSPS) is 12.3. The van der Waals surface area contributed by atoms with Crippen LogP contribution in [0.25, 0.3) is 0 Å². The number of hydrogen-bond acceptors (Lipinski definition) is 1. The molecule has 0 fully saturated rings. The standard InChI is InChI=1S/C7H16O.K.H/c1-3-5-6-7(8)4-2;;/h7-8H,3-6H2,1-2H3;;. The van der Waals surface area contributed by atoms with Crippen molar-refractivity contribution in [2.24, 2.45) is 0 Å². The van der Waals surface area contributed by atoms with Crippen LogP contribution in [-0.2, 0) is 0 Å². The fraction of sp³-hybridized carbons (Fsp3) is 1.00. The van der Waals surface area contributed by atoms with Gasteiger partial charge < -0.3 is 5.11 Å². The van der Waals surface area contributed by atoms with Gasteiger partial charge in [0, 0.05) is 0 Å². The first-order valence-corrected chi connectivity index (χ1v) is 3.49. The minimum absolute atomic E-state index is 0. The second kappa shape index (κ2) is 9.60. The summed E-state index contributed by atoms with van der Waals surface area (Å²) in [5.41, 5.74) is 0. The molecule has 0 amide bonds. The topological polar surface area (TPSA) is 20.2 Å². The summed E-state index contributed by atoms with van der Waals surface area (Å²) in [6.07, 6.45) is 4.19. The molecule has 9 heavy (non-hydrogen) atoms. The van der Waals surface area contributed by atoms with Crippen LogP contribution >= 0.6 is 0 Å². The van der Waals surface area contributed by atoms with Gasteiger partial charge in [0.1, 0.15) is 0 Å². The molecule has 0 saturated carbocycles. The molecule has 2 heteroatoms. The van der Waals surface area contributed by atoms with Crippen LogP contribution < -0.4 is 0 Å². The molecule has 52 valence electrons. The predicted octanol–water partition coefficient (Wildman–Crippen LogP) is 1.30. The third-order valence-electron chi connectivity index (χ3n) is 1.36. The molecule has 0 aromatic heterocycles. The van der Waals surface area contributed by atoms with Crippen molar-refractivity contribution in [3.05, 3.63) is 0 Å². The molecule has 1 atom stereocenters. The molecule has 0 radical (unpaired) electrons. The summed E-state index contributed by atoms with van der Waals surface area (Å²) in [6.45, 7) is 4.16. The van der Waals surface area contributed by atoms with E-state index in [4.69, 9.17) is 5.11 Å². The fourth-order valence-electron chi connectivity index (χ4n) is 0.644. The molecule has 0 aliphatic carbocycles. The van der Waals surface area contributed by atoms with Gasteiger partial charge in [-0.25, -0.2) is 0 Å². The van der Waals surface area contributed by atoms with Gasteiger partial charge in [-0.3, -0.25) is 0 Å². The van der Waals surface area contributed by atoms with Crippen LogP contribution in [0.3, 0.4) is 0 Å². The summed E-state index contributed by atoms with van der Waals surface area (Å²) in [7, 11) is 0. The van der Waals surface area contributed by atoms with E-state index >= 15 is 0 Å². The van der Waals surface area contributed by atoms with E-state index in [-0.39, 0.29) is 57.5 Å². The van der Waals surface area contributed by atoms with Gasteiger partial charge >= 0.3 is 51.4 Å². The monoisotopic (exact) mass is 156 g/mol. The second-order valence-corrected chi connectivity index (χ2v) is 2.20. The molecule has 0 spiro atoms. The minimum atomic E-state index is -0.0463. The first kappa shape index (κ1) is 13.2. The van der Waals surface area contributed by atoms with Crippen LogP contribution in [0, 0.1) is 0 Å². The van der Waals surface area contributed by atoms with Crippen molar-refractivity contribution in [3.8, 4) is 0 Å².